The molecule has 1 atom stereocenters. The second-order valence-electron chi connectivity index (χ2n) is 6.08. The normalized spacial score (nSPS) is 18.7. The largest absolute Gasteiger partial charge is 0.482 e. The second kappa shape index (κ2) is 7.24. The van der Waals surface area contributed by atoms with Crippen LogP contribution in [0.4, 0.5) is 10.2 Å². The molecule has 1 aliphatic rings. The zero-order chi connectivity index (χ0) is 18.9. The van der Waals surface area contributed by atoms with E-state index >= 15 is 0 Å². The Morgan fingerprint density at radius 2 is 2.23 bits per heavy atom. The number of hydrogen-bond acceptors (Lipinski definition) is 5. The van der Waals surface area contributed by atoms with Crippen molar-refractivity contribution in [2.24, 2.45) is 0 Å². The number of hydrogen-bond donors (Lipinski definition) is 1. The molecule has 1 fully saturated rings. The van der Waals surface area contributed by atoms with Gasteiger partial charge in [0.05, 0.1) is 28.3 Å². The second-order valence-corrected chi connectivity index (χ2v) is 8.72. The van der Waals surface area contributed by atoms with Crippen LogP contribution in [0.15, 0.2) is 24.3 Å². The number of nitrogens with zero attached hydrogens (tertiary/aromatic N) is 2. The number of benzene rings is 1. The lowest BCUT2D eigenvalue weighted by atomic mass is 10.3. The van der Waals surface area contributed by atoms with Gasteiger partial charge in [-0.2, -0.15) is 5.10 Å². The van der Waals surface area contributed by atoms with Crippen molar-refractivity contribution in [3.8, 4) is 5.75 Å². The van der Waals surface area contributed by atoms with Crippen molar-refractivity contribution in [3.05, 3.63) is 40.8 Å². The molecule has 1 N–H and O–H groups in total. The van der Waals surface area contributed by atoms with Gasteiger partial charge in [-0.1, -0.05) is 11.6 Å². The van der Waals surface area contributed by atoms with Gasteiger partial charge in [0.2, 0.25) is 0 Å². The minimum absolute atomic E-state index is 0.00131. The van der Waals surface area contributed by atoms with E-state index in [0.717, 1.165) is 6.07 Å². The topological polar surface area (TPSA) is 90.3 Å². The van der Waals surface area contributed by atoms with E-state index < -0.39 is 21.6 Å². The monoisotopic (exact) mass is 401 g/mol. The zero-order valence-corrected chi connectivity index (χ0v) is 15.5. The molecule has 1 amide bonds. The maximum atomic E-state index is 13.0. The van der Waals surface area contributed by atoms with E-state index in [0.29, 0.717) is 17.9 Å². The first-order valence-corrected chi connectivity index (χ1v) is 10.1. The van der Waals surface area contributed by atoms with Gasteiger partial charge in [-0.05, 0) is 31.5 Å². The maximum absolute atomic E-state index is 13.0. The smallest absolute Gasteiger partial charge is 0.263 e. The Labute approximate surface area is 155 Å². The highest BCUT2D eigenvalue weighted by atomic mass is 35.5. The molecule has 0 saturated carbocycles. The molecular formula is C16H17ClFN3O4S. The fraction of sp³-hybridized carbons (Fsp3) is 0.375. The lowest BCUT2D eigenvalue weighted by Crippen LogP contribution is -2.24. The molecule has 0 spiro atoms. The van der Waals surface area contributed by atoms with Crippen LogP contribution < -0.4 is 10.1 Å². The first kappa shape index (κ1) is 18.7. The van der Waals surface area contributed by atoms with Crippen molar-refractivity contribution in [1.82, 2.24) is 9.78 Å². The third kappa shape index (κ3) is 4.34. The number of amides is 1. The number of aryl methyl sites for hydroxylation is 1. The van der Waals surface area contributed by atoms with Crippen LogP contribution in [-0.2, 0) is 14.6 Å². The predicted octanol–water partition coefficient (Wildman–Crippen LogP) is 2.36. The van der Waals surface area contributed by atoms with Gasteiger partial charge in [0.1, 0.15) is 17.4 Å². The Bertz CT molecular complexity index is 945. The van der Waals surface area contributed by atoms with Crippen LogP contribution in [0, 0.1) is 12.7 Å². The molecule has 1 aromatic carbocycles. The average molecular weight is 402 g/mol. The molecule has 0 radical (unpaired) electrons. The molecule has 26 heavy (non-hydrogen) atoms. The van der Waals surface area contributed by atoms with Gasteiger partial charge in [0, 0.05) is 6.07 Å². The molecule has 1 saturated heterocycles. The van der Waals surface area contributed by atoms with Crippen molar-refractivity contribution in [2.75, 3.05) is 23.4 Å². The van der Waals surface area contributed by atoms with Gasteiger partial charge in [-0.25, -0.2) is 17.5 Å². The van der Waals surface area contributed by atoms with Crippen molar-refractivity contribution < 1.29 is 22.3 Å². The molecule has 7 nitrogen and oxygen atoms in total. The molecular weight excluding hydrogens is 385 g/mol. The highest BCUT2D eigenvalue weighted by Gasteiger charge is 2.31. The van der Waals surface area contributed by atoms with Crippen molar-refractivity contribution in [3.63, 3.8) is 0 Å². The maximum Gasteiger partial charge on any atom is 0.263 e. The van der Waals surface area contributed by atoms with Crippen molar-refractivity contribution in [1.29, 1.82) is 0 Å². The first-order valence-electron chi connectivity index (χ1n) is 7.88. The number of ether oxygens (including phenoxy) is 1. The number of carbonyl (C=O) groups is 1. The van der Waals surface area contributed by atoms with Gasteiger partial charge in [0.25, 0.3) is 5.91 Å². The van der Waals surface area contributed by atoms with Gasteiger partial charge in [0.15, 0.2) is 16.4 Å². The highest BCUT2D eigenvalue weighted by molar-refractivity contribution is 7.91. The van der Waals surface area contributed by atoms with E-state index in [1.165, 1.54) is 16.8 Å². The summed E-state index contributed by atoms with van der Waals surface area (Å²) in [5.74, 6) is -0.266. The van der Waals surface area contributed by atoms with Crippen LogP contribution >= 0.6 is 11.6 Å². The highest BCUT2D eigenvalue weighted by Crippen LogP contribution is 2.27. The summed E-state index contributed by atoms with van der Waals surface area (Å²) in [5.41, 5.74) is 0.659. The average Bonchev–Trinajstić information content (AvgIpc) is 3.08. The first-order chi connectivity index (χ1) is 12.2. The molecule has 140 valence electrons. The van der Waals surface area contributed by atoms with Crippen LogP contribution in [0.3, 0.4) is 0 Å². The fourth-order valence-electron chi connectivity index (χ4n) is 2.77. The Kier molecular flexibility index (Phi) is 5.19. The van der Waals surface area contributed by atoms with Crippen molar-refractivity contribution >= 4 is 33.2 Å². The molecule has 10 heteroatoms. The predicted molar refractivity (Wildman–Crippen MR) is 94.8 cm³/mol. The Morgan fingerprint density at radius 1 is 1.46 bits per heavy atom. The molecule has 1 aliphatic heterocycles. The molecule has 3 rings (SSSR count). The van der Waals surface area contributed by atoms with Crippen LogP contribution in [0.1, 0.15) is 18.2 Å². The summed E-state index contributed by atoms with van der Waals surface area (Å²) in [6.45, 7) is 1.42. The number of anilines is 1. The Morgan fingerprint density at radius 3 is 2.88 bits per heavy atom. The molecule has 2 heterocycles. The number of sulfone groups is 1. The zero-order valence-electron chi connectivity index (χ0n) is 13.9. The van der Waals surface area contributed by atoms with E-state index in [-0.39, 0.29) is 34.9 Å². The van der Waals surface area contributed by atoms with E-state index in [4.69, 9.17) is 16.3 Å². The number of carbonyl (C=O) groups excluding carboxylic acids is 1. The Hall–Kier alpha value is -2.13. The lowest BCUT2D eigenvalue weighted by Gasteiger charge is -2.14. The number of nitrogens with one attached hydrogen (secondary N) is 1. The summed E-state index contributed by atoms with van der Waals surface area (Å²) in [7, 11) is -3.08. The van der Waals surface area contributed by atoms with Gasteiger partial charge in [-0.3, -0.25) is 4.79 Å². The summed E-state index contributed by atoms with van der Waals surface area (Å²) in [6.07, 6.45) is 0.452. The number of rotatable bonds is 5. The van der Waals surface area contributed by atoms with Crippen LogP contribution in [0.2, 0.25) is 5.02 Å². The number of aromatic nitrogens is 2. The van der Waals surface area contributed by atoms with E-state index in [9.17, 15) is 17.6 Å². The summed E-state index contributed by atoms with van der Waals surface area (Å²) in [6, 6.07) is 4.96. The summed E-state index contributed by atoms with van der Waals surface area (Å²) in [5, 5.41) is 7.01. The molecule has 0 bridgehead atoms. The minimum atomic E-state index is -3.08. The van der Waals surface area contributed by atoms with E-state index in [1.807, 2.05) is 0 Å². The lowest BCUT2D eigenvalue weighted by molar-refractivity contribution is -0.118. The standard InChI is InChI=1S/C16H17ClFN3O4S/c1-10-6-15(21(20-10)12-4-5-26(23,24)9-12)19-16(22)8-25-14-3-2-11(18)7-13(14)17/h2-3,6-7,12H,4-5,8-9H2,1H3,(H,19,22). The summed E-state index contributed by atoms with van der Waals surface area (Å²) >= 11 is 5.85. The molecule has 1 aromatic heterocycles. The van der Waals surface area contributed by atoms with Crippen LogP contribution in [-0.4, -0.2) is 42.2 Å². The van der Waals surface area contributed by atoms with Gasteiger partial charge >= 0.3 is 0 Å². The third-order valence-electron chi connectivity index (χ3n) is 3.93. The van der Waals surface area contributed by atoms with E-state index in [2.05, 4.69) is 10.4 Å². The van der Waals surface area contributed by atoms with Crippen LogP contribution in [0.25, 0.3) is 0 Å². The minimum Gasteiger partial charge on any atom is -0.482 e. The molecule has 1 unspecified atom stereocenters. The van der Waals surface area contributed by atoms with Gasteiger partial charge in [-0.15, -0.1) is 0 Å². The van der Waals surface area contributed by atoms with Gasteiger partial charge < -0.3 is 10.1 Å². The Balaban J connectivity index is 1.66. The van der Waals surface area contributed by atoms with Crippen molar-refractivity contribution in [2.45, 2.75) is 19.4 Å². The van der Waals surface area contributed by atoms with Crippen LogP contribution in [0.5, 0.6) is 5.75 Å². The fourth-order valence-corrected chi connectivity index (χ4v) is 4.68. The quantitative estimate of drug-likeness (QED) is 0.830. The number of halogens is 2. The molecule has 0 aliphatic carbocycles. The third-order valence-corrected chi connectivity index (χ3v) is 5.98. The summed E-state index contributed by atoms with van der Waals surface area (Å²) < 4.78 is 43.2. The molecule has 2 aromatic rings. The summed E-state index contributed by atoms with van der Waals surface area (Å²) in [4.78, 5) is 12.2. The van der Waals surface area contributed by atoms with E-state index in [1.54, 1.807) is 13.0 Å². The SMILES string of the molecule is Cc1cc(NC(=O)COc2ccc(F)cc2Cl)n(C2CCS(=O)(=O)C2)n1.